The van der Waals surface area contributed by atoms with E-state index in [-0.39, 0.29) is 35.2 Å². The zero-order valence-electron chi connectivity index (χ0n) is 24.9. The number of carbonyl (C=O) groups excluding carboxylic acids is 3. The van der Waals surface area contributed by atoms with Crippen molar-refractivity contribution in [1.29, 1.82) is 0 Å². The largest absolute Gasteiger partial charge is 0.504 e. The Labute approximate surface area is 256 Å². The Morgan fingerprint density at radius 3 is 2.02 bits per heavy atom. The molecule has 224 valence electrons. The number of aromatic hydroxyl groups is 1. The van der Waals surface area contributed by atoms with Crippen LogP contribution in [0.3, 0.4) is 0 Å². The summed E-state index contributed by atoms with van der Waals surface area (Å²) in [4.78, 5) is 37.9. The van der Waals surface area contributed by atoms with E-state index in [1.165, 1.54) is 32.4 Å². The number of benzene rings is 4. The summed E-state index contributed by atoms with van der Waals surface area (Å²) in [7, 11) is 2.89. The first-order chi connectivity index (χ1) is 21.2. The molecule has 0 amide bonds. The highest BCUT2D eigenvalue weighted by molar-refractivity contribution is 6.11. The third-order valence-corrected chi connectivity index (χ3v) is 6.89. The molecule has 8 heteroatoms. The van der Waals surface area contributed by atoms with Crippen LogP contribution >= 0.6 is 0 Å². The Balaban J connectivity index is 1.40. The maximum Gasteiger partial charge on any atom is 0.345 e. The monoisotopic (exact) mass is 591 g/mol. The van der Waals surface area contributed by atoms with Gasteiger partial charge in [-0.15, -0.1) is 0 Å². The van der Waals surface area contributed by atoms with Gasteiger partial charge in [-0.1, -0.05) is 48.6 Å². The number of phenols is 1. The smallest absolute Gasteiger partial charge is 0.345 e. The van der Waals surface area contributed by atoms with Gasteiger partial charge in [0.05, 0.1) is 31.9 Å². The van der Waals surface area contributed by atoms with E-state index in [0.717, 1.165) is 16.8 Å². The fourth-order valence-electron chi connectivity index (χ4n) is 4.29. The lowest BCUT2D eigenvalue weighted by molar-refractivity contribution is -0.121. The van der Waals surface area contributed by atoms with Gasteiger partial charge in [0.1, 0.15) is 0 Å². The van der Waals surface area contributed by atoms with E-state index >= 15 is 0 Å². The van der Waals surface area contributed by atoms with Crippen molar-refractivity contribution in [1.82, 2.24) is 0 Å². The van der Waals surface area contributed by atoms with E-state index in [0.29, 0.717) is 28.1 Å². The van der Waals surface area contributed by atoms with Crippen LogP contribution in [0.1, 0.15) is 39.0 Å². The van der Waals surface area contributed by atoms with E-state index in [4.69, 9.17) is 14.2 Å². The first kappa shape index (κ1) is 31.3. The van der Waals surface area contributed by atoms with Crippen molar-refractivity contribution >= 4 is 41.1 Å². The summed E-state index contributed by atoms with van der Waals surface area (Å²) in [6.07, 6.45) is 5.40. The Kier molecular flexibility index (Phi) is 10.3. The predicted molar refractivity (Wildman–Crippen MR) is 171 cm³/mol. The predicted octanol–water partition coefficient (Wildman–Crippen LogP) is 7.24. The van der Waals surface area contributed by atoms with Crippen LogP contribution in [0.2, 0.25) is 0 Å². The van der Waals surface area contributed by atoms with E-state index < -0.39 is 5.97 Å². The molecule has 0 spiro atoms. The van der Waals surface area contributed by atoms with Gasteiger partial charge in [0, 0.05) is 5.69 Å². The molecule has 44 heavy (non-hydrogen) atoms. The molecule has 0 bridgehead atoms. The normalized spacial score (nSPS) is 11.0. The number of hydrogen-bond donors (Lipinski definition) is 2. The topological polar surface area (TPSA) is 111 Å². The molecule has 0 saturated carbocycles. The third-order valence-electron chi connectivity index (χ3n) is 6.89. The molecule has 2 N–H and O–H groups in total. The maximum atomic E-state index is 13.2. The fraction of sp³-hybridized carbons (Fsp3) is 0.139. The minimum atomic E-state index is -0.563. The first-order valence-electron chi connectivity index (χ1n) is 13.8. The molecule has 0 saturated heterocycles. The lowest BCUT2D eigenvalue weighted by atomic mass is 10.1. The molecule has 4 rings (SSSR count). The number of aryl methyl sites for hydroxylation is 1. The number of phenolic OH excluding ortho intramolecular Hbond substituents is 1. The summed E-state index contributed by atoms with van der Waals surface area (Å²) in [6.45, 7) is 4.04. The van der Waals surface area contributed by atoms with Crippen LogP contribution in [0.25, 0.3) is 12.2 Å². The summed E-state index contributed by atoms with van der Waals surface area (Å²) in [5.74, 6) is -0.530. The molecule has 0 unspecified atom stereocenters. The van der Waals surface area contributed by atoms with Crippen LogP contribution in [0.4, 0.5) is 11.4 Å². The first-order valence-corrected chi connectivity index (χ1v) is 13.8. The van der Waals surface area contributed by atoms with Gasteiger partial charge in [-0.2, -0.15) is 0 Å². The summed E-state index contributed by atoms with van der Waals surface area (Å²) in [5, 5.41) is 13.0. The van der Waals surface area contributed by atoms with Gasteiger partial charge in [-0.05, 0) is 90.7 Å². The zero-order chi connectivity index (χ0) is 31.6. The average Bonchev–Trinajstić information content (AvgIpc) is 3.02. The van der Waals surface area contributed by atoms with Crippen molar-refractivity contribution in [3.63, 3.8) is 0 Å². The molecule has 0 fully saturated rings. The molecule has 0 aromatic heterocycles. The number of hydrogen-bond acceptors (Lipinski definition) is 8. The maximum absolute atomic E-state index is 13.2. The van der Waals surface area contributed by atoms with E-state index in [1.54, 1.807) is 54.6 Å². The fourth-order valence-corrected chi connectivity index (χ4v) is 4.29. The second-order valence-electron chi connectivity index (χ2n) is 9.93. The van der Waals surface area contributed by atoms with Crippen LogP contribution < -0.4 is 19.5 Å². The number of rotatable bonds is 12. The van der Waals surface area contributed by atoms with Gasteiger partial charge in [0.2, 0.25) is 0 Å². The number of para-hydroxylation sites is 1. The van der Waals surface area contributed by atoms with E-state index in [2.05, 4.69) is 5.32 Å². The molecule has 0 radical (unpaired) electrons. The minimum absolute atomic E-state index is 0.00861. The summed E-state index contributed by atoms with van der Waals surface area (Å²) in [5.41, 5.74) is 5.32. The van der Waals surface area contributed by atoms with Crippen LogP contribution in [-0.4, -0.2) is 36.9 Å². The van der Waals surface area contributed by atoms with E-state index in [1.807, 2.05) is 44.2 Å². The standard InChI is InChI=1S/C36H33NO7/c1-23-8-7-11-30(24(23)2)37-31-10-6-5-9-29(31)36(41)44-33-19-15-26(21-35(33)43-4)13-17-28(39)22-27(38)16-12-25-14-18-32(40)34(20-25)42-3/h5-21,37,40H,22H2,1-4H3/b16-12+,17-13+. The van der Waals surface area contributed by atoms with Gasteiger partial charge in [-0.3, -0.25) is 9.59 Å². The number of esters is 1. The molecule has 4 aromatic rings. The van der Waals surface area contributed by atoms with Gasteiger partial charge in [-0.25, -0.2) is 4.79 Å². The minimum Gasteiger partial charge on any atom is -0.504 e. The second kappa shape index (κ2) is 14.5. The second-order valence-corrected chi connectivity index (χ2v) is 9.93. The highest BCUT2D eigenvalue weighted by Crippen LogP contribution is 2.31. The van der Waals surface area contributed by atoms with E-state index in [9.17, 15) is 19.5 Å². The number of ketones is 2. The molecular formula is C36H33NO7. The average molecular weight is 592 g/mol. The Morgan fingerprint density at radius 1 is 0.727 bits per heavy atom. The molecule has 0 atom stereocenters. The van der Waals surface area contributed by atoms with Gasteiger partial charge in [0.15, 0.2) is 34.6 Å². The van der Waals surface area contributed by atoms with Crippen molar-refractivity contribution < 1.29 is 33.7 Å². The summed E-state index contributed by atoms with van der Waals surface area (Å²) >= 11 is 0. The Bertz CT molecular complexity index is 1750. The number of ether oxygens (including phenoxy) is 3. The summed E-state index contributed by atoms with van der Waals surface area (Å²) < 4.78 is 16.2. The van der Waals surface area contributed by atoms with Gasteiger partial charge < -0.3 is 24.6 Å². The van der Waals surface area contributed by atoms with Crippen molar-refractivity contribution in [2.24, 2.45) is 0 Å². The number of methoxy groups -OCH3 is 2. The molecule has 8 nitrogen and oxygen atoms in total. The molecule has 0 heterocycles. The highest BCUT2D eigenvalue weighted by Gasteiger charge is 2.17. The van der Waals surface area contributed by atoms with Crippen molar-refractivity contribution in [2.45, 2.75) is 20.3 Å². The Hall–Kier alpha value is -5.63. The summed E-state index contributed by atoms with van der Waals surface area (Å²) in [6, 6.07) is 22.6. The molecule has 4 aromatic carbocycles. The van der Waals surface area contributed by atoms with Crippen molar-refractivity contribution in [3.8, 4) is 23.0 Å². The number of allylic oxidation sites excluding steroid dienone is 2. The van der Waals surface area contributed by atoms with Crippen LogP contribution in [0.5, 0.6) is 23.0 Å². The van der Waals surface area contributed by atoms with Crippen molar-refractivity contribution in [2.75, 3.05) is 19.5 Å². The van der Waals surface area contributed by atoms with Crippen LogP contribution in [0, 0.1) is 13.8 Å². The highest BCUT2D eigenvalue weighted by atomic mass is 16.6. The number of nitrogens with one attached hydrogen (secondary N) is 1. The molecule has 0 aliphatic carbocycles. The lowest BCUT2D eigenvalue weighted by Gasteiger charge is -2.15. The molecular weight excluding hydrogens is 558 g/mol. The molecule has 0 aliphatic heterocycles. The molecule has 0 aliphatic rings. The Morgan fingerprint density at radius 2 is 1.34 bits per heavy atom. The van der Waals surface area contributed by atoms with Crippen molar-refractivity contribution in [3.05, 3.63) is 119 Å². The number of carbonyl (C=O) groups is 3. The lowest BCUT2D eigenvalue weighted by Crippen LogP contribution is -2.12. The van der Waals surface area contributed by atoms with Gasteiger partial charge in [0.25, 0.3) is 0 Å². The number of anilines is 2. The van der Waals surface area contributed by atoms with Gasteiger partial charge >= 0.3 is 5.97 Å². The quantitative estimate of drug-likeness (QED) is 0.0768. The SMILES string of the molecule is COc1cc(/C=C/C(=O)CC(=O)/C=C/c2ccc(OC(=O)c3ccccc3Nc3cccc(C)c3C)c(OC)c2)ccc1O. The van der Waals surface area contributed by atoms with Crippen LogP contribution in [-0.2, 0) is 9.59 Å². The zero-order valence-corrected chi connectivity index (χ0v) is 24.9. The van der Waals surface area contributed by atoms with Crippen LogP contribution in [0.15, 0.2) is 91.0 Å². The third kappa shape index (κ3) is 8.01.